The first-order valence-electron chi connectivity index (χ1n) is 16.5. The Labute approximate surface area is 295 Å². The number of aromatic nitrogens is 8. The molecule has 12 nitrogen and oxygen atoms in total. The molecule has 1 N–H and O–H groups in total. The highest BCUT2D eigenvalue weighted by Crippen LogP contribution is 2.47. The molecule has 1 atom stereocenters. The summed E-state index contributed by atoms with van der Waals surface area (Å²) in [5.41, 5.74) is -0.962. The summed E-state index contributed by atoms with van der Waals surface area (Å²) in [6.07, 6.45) is 3.79. The van der Waals surface area contributed by atoms with Crippen molar-refractivity contribution in [3.63, 3.8) is 0 Å². The maximum Gasteiger partial charge on any atom is 0.350 e. The van der Waals surface area contributed by atoms with Crippen LogP contribution in [0, 0.1) is 11.6 Å². The minimum atomic E-state index is -4.15. The number of tetrazole rings is 1. The van der Waals surface area contributed by atoms with Gasteiger partial charge in [0.1, 0.15) is 30.0 Å². The third kappa shape index (κ3) is 6.40. The van der Waals surface area contributed by atoms with Crippen LogP contribution in [0.1, 0.15) is 31.1 Å². The number of rotatable bonds is 10. The van der Waals surface area contributed by atoms with Gasteiger partial charge in [0.05, 0.1) is 18.3 Å². The van der Waals surface area contributed by atoms with E-state index in [0.29, 0.717) is 11.6 Å². The van der Waals surface area contributed by atoms with Crippen LogP contribution in [-0.2, 0) is 18.1 Å². The summed E-state index contributed by atoms with van der Waals surface area (Å²) in [6, 6.07) is 20.0. The molecule has 1 aliphatic rings. The quantitative estimate of drug-likeness (QED) is 0.197. The number of anilines is 2. The minimum absolute atomic E-state index is 0.0276. The molecule has 52 heavy (non-hydrogen) atoms. The Hall–Kier alpha value is -5.90. The normalized spacial score (nSPS) is 14.9. The van der Waals surface area contributed by atoms with Crippen molar-refractivity contribution in [2.75, 3.05) is 36.0 Å². The van der Waals surface area contributed by atoms with Crippen molar-refractivity contribution < 1.29 is 22.7 Å². The van der Waals surface area contributed by atoms with Gasteiger partial charge in [0.25, 0.3) is 0 Å². The van der Waals surface area contributed by atoms with Gasteiger partial charge in [-0.05, 0) is 84.4 Å². The highest BCUT2D eigenvalue weighted by atomic mass is 19.3. The second-order valence-electron chi connectivity index (χ2n) is 12.9. The number of alkyl halides is 2. The molecule has 268 valence electrons. The van der Waals surface area contributed by atoms with Crippen molar-refractivity contribution in [3.8, 4) is 16.8 Å². The summed E-state index contributed by atoms with van der Waals surface area (Å²) in [4.78, 5) is 21.2. The number of aliphatic hydroxyl groups is 1. The standard InChI is InChI=1S/C36H34F4N10O2/c1-24(2)50-34(51)49(23-43-50)30-11-9-29(10-12-30)47-17-15-46(16-18-47)28-7-3-25(4-8-28)26-5-14-33(41-20-26)36(39,40)35(52,21-48-22-42-44-45-48)31-13-6-27(37)19-32(31)38/h3-14,19-20,22-24,52H,15-18,21H2,1-2H3. The van der Waals surface area contributed by atoms with Gasteiger partial charge in [-0.15, -0.1) is 5.10 Å². The van der Waals surface area contributed by atoms with E-state index in [1.54, 1.807) is 0 Å². The van der Waals surface area contributed by atoms with Crippen molar-refractivity contribution in [2.24, 2.45) is 0 Å². The zero-order chi connectivity index (χ0) is 36.6. The number of pyridine rings is 1. The molecule has 16 heteroatoms. The highest BCUT2D eigenvalue weighted by Gasteiger charge is 2.58. The van der Waals surface area contributed by atoms with Crippen LogP contribution in [0.2, 0.25) is 0 Å². The van der Waals surface area contributed by atoms with Gasteiger partial charge in [-0.3, -0.25) is 4.98 Å². The Morgan fingerprint density at radius 2 is 1.42 bits per heavy atom. The van der Waals surface area contributed by atoms with Crippen molar-refractivity contribution in [3.05, 3.63) is 131 Å². The molecule has 7 rings (SSSR count). The Balaban J connectivity index is 1.02. The summed E-state index contributed by atoms with van der Waals surface area (Å²) >= 11 is 0. The van der Waals surface area contributed by atoms with Crippen LogP contribution in [-0.4, -0.2) is 70.8 Å². The molecule has 3 aromatic heterocycles. The van der Waals surface area contributed by atoms with E-state index >= 15 is 8.78 Å². The van der Waals surface area contributed by atoms with E-state index in [1.165, 1.54) is 27.8 Å². The first-order valence-corrected chi connectivity index (χ1v) is 16.5. The third-order valence-corrected chi connectivity index (χ3v) is 9.28. The average Bonchev–Trinajstić information content (AvgIpc) is 3.81. The fourth-order valence-electron chi connectivity index (χ4n) is 6.39. The van der Waals surface area contributed by atoms with Gasteiger partial charge in [0.15, 0.2) is 5.60 Å². The summed E-state index contributed by atoms with van der Waals surface area (Å²) in [6.45, 7) is 6.00. The van der Waals surface area contributed by atoms with Gasteiger partial charge in [0.2, 0.25) is 0 Å². The lowest BCUT2D eigenvalue weighted by atomic mass is 9.84. The van der Waals surface area contributed by atoms with E-state index in [4.69, 9.17) is 0 Å². The van der Waals surface area contributed by atoms with Crippen molar-refractivity contribution in [2.45, 2.75) is 38.0 Å². The molecule has 0 radical (unpaired) electrons. The van der Waals surface area contributed by atoms with Crippen molar-refractivity contribution in [1.29, 1.82) is 0 Å². The molecule has 0 amide bonds. The number of hydrogen-bond acceptors (Lipinski definition) is 9. The summed E-state index contributed by atoms with van der Waals surface area (Å²) in [5, 5.41) is 25.9. The van der Waals surface area contributed by atoms with Gasteiger partial charge in [-0.1, -0.05) is 18.2 Å². The van der Waals surface area contributed by atoms with Crippen molar-refractivity contribution >= 4 is 11.4 Å². The van der Waals surface area contributed by atoms with Gasteiger partial charge in [-0.2, -0.15) is 13.9 Å². The van der Waals surface area contributed by atoms with E-state index < -0.39 is 41.0 Å². The van der Waals surface area contributed by atoms with Gasteiger partial charge < -0.3 is 14.9 Å². The number of halogens is 4. The molecule has 0 bridgehead atoms. The van der Waals surface area contributed by atoms with Crippen LogP contribution in [0.5, 0.6) is 0 Å². The largest absolute Gasteiger partial charge is 0.377 e. The average molecular weight is 715 g/mol. The molecular weight excluding hydrogens is 680 g/mol. The van der Waals surface area contributed by atoms with E-state index in [0.717, 1.165) is 78.0 Å². The molecule has 0 saturated carbocycles. The third-order valence-electron chi connectivity index (χ3n) is 9.28. The first kappa shape index (κ1) is 34.5. The maximum absolute atomic E-state index is 16.1. The molecule has 3 aromatic carbocycles. The molecule has 1 fully saturated rings. The molecule has 0 spiro atoms. The van der Waals surface area contributed by atoms with Crippen LogP contribution >= 0.6 is 0 Å². The summed E-state index contributed by atoms with van der Waals surface area (Å²) in [5.74, 6) is -6.49. The Morgan fingerprint density at radius 1 is 0.808 bits per heavy atom. The summed E-state index contributed by atoms with van der Waals surface area (Å²) < 4.78 is 64.6. The summed E-state index contributed by atoms with van der Waals surface area (Å²) in [7, 11) is 0. The second kappa shape index (κ2) is 13.7. The Morgan fingerprint density at radius 3 is 1.96 bits per heavy atom. The molecule has 1 saturated heterocycles. The Bertz CT molecular complexity index is 2200. The van der Waals surface area contributed by atoms with E-state index in [1.807, 2.05) is 62.4 Å². The lowest BCUT2D eigenvalue weighted by Gasteiger charge is -2.37. The number of hydrogen-bond donors (Lipinski definition) is 1. The van der Waals surface area contributed by atoms with E-state index in [2.05, 4.69) is 35.4 Å². The lowest BCUT2D eigenvalue weighted by molar-refractivity contribution is -0.207. The van der Waals surface area contributed by atoms with E-state index in [9.17, 15) is 18.7 Å². The lowest BCUT2D eigenvalue weighted by Crippen LogP contribution is -2.48. The zero-order valence-corrected chi connectivity index (χ0v) is 28.2. The smallest absolute Gasteiger partial charge is 0.350 e. The predicted molar refractivity (Wildman–Crippen MR) is 184 cm³/mol. The van der Waals surface area contributed by atoms with Crippen molar-refractivity contribution in [1.82, 2.24) is 39.5 Å². The van der Waals surface area contributed by atoms with Crippen LogP contribution in [0.3, 0.4) is 0 Å². The topological polar surface area (TPSA) is 123 Å². The SMILES string of the molecule is CC(C)n1ncn(-c2ccc(N3CCN(c4ccc(-c5ccc(C(F)(F)C(O)(Cn6cnnn6)c6ccc(F)cc6F)nc5)cc4)CC3)cc2)c1=O. The number of nitrogens with zero attached hydrogens (tertiary/aromatic N) is 10. The molecule has 4 heterocycles. The van der Waals surface area contributed by atoms with Crippen LogP contribution in [0.4, 0.5) is 28.9 Å². The maximum atomic E-state index is 16.1. The minimum Gasteiger partial charge on any atom is -0.377 e. The zero-order valence-electron chi connectivity index (χ0n) is 28.2. The van der Waals surface area contributed by atoms with Gasteiger partial charge in [0, 0.05) is 60.9 Å². The molecule has 1 aliphatic heterocycles. The fraction of sp³-hybridized carbons (Fsp3) is 0.278. The molecule has 0 aliphatic carbocycles. The molecule has 6 aromatic rings. The highest BCUT2D eigenvalue weighted by molar-refractivity contribution is 5.66. The van der Waals surface area contributed by atoms with Gasteiger partial charge >= 0.3 is 11.6 Å². The van der Waals surface area contributed by atoms with Crippen LogP contribution < -0.4 is 15.5 Å². The van der Waals surface area contributed by atoms with Crippen LogP contribution in [0.25, 0.3) is 16.8 Å². The molecule has 1 unspecified atom stereocenters. The first-order chi connectivity index (χ1) is 24.9. The monoisotopic (exact) mass is 714 g/mol. The Kier molecular flexibility index (Phi) is 9.08. The fourth-order valence-corrected chi connectivity index (χ4v) is 6.39. The number of piperazine rings is 1. The number of benzene rings is 3. The molecular formula is C36H34F4N10O2. The van der Waals surface area contributed by atoms with Gasteiger partial charge in [-0.25, -0.2) is 27.5 Å². The van der Waals surface area contributed by atoms with Crippen LogP contribution in [0.15, 0.2) is 103 Å². The van der Waals surface area contributed by atoms with E-state index in [-0.39, 0.29) is 11.7 Å². The second-order valence-corrected chi connectivity index (χ2v) is 12.9. The predicted octanol–water partition coefficient (Wildman–Crippen LogP) is 4.95.